The van der Waals surface area contributed by atoms with Crippen LogP contribution in [0, 0.1) is 0 Å². The fraction of sp³-hybridized carbons (Fsp3) is 0.188. The molecule has 0 unspecified atom stereocenters. The molecule has 1 aromatic heterocycles. The molecule has 6 heteroatoms. The van der Waals surface area contributed by atoms with Crippen molar-refractivity contribution in [1.29, 1.82) is 0 Å². The van der Waals surface area contributed by atoms with Crippen molar-refractivity contribution in [2.24, 2.45) is 5.73 Å². The lowest BCUT2D eigenvalue weighted by Gasteiger charge is -2.12. The van der Waals surface area contributed by atoms with E-state index in [2.05, 4.69) is 10.3 Å². The first kappa shape index (κ1) is 15.5. The van der Waals surface area contributed by atoms with E-state index in [1.807, 2.05) is 6.92 Å². The molecule has 0 atom stereocenters. The molecule has 2 amide bonds. The molecular formula is C16H17N3O3. The van der Waals surface area contributed by atoms with Crippen LogP contribution in [0.25, 0.3) is 0 Å². The first-order chi connectivity index (χ1) is 10.6. The van der Waals surface area contributed by atoms with Crippen LogP contribution >= 0.6 is 0 Å². The number of anilines is 1. The van der Waals surface area contributed by atoms with Crippen molar-refractivity contribution < 1.29 is 14.3 Å². The summed E-state index contributed by atoms with van der Waals surface area (Å²) in [4.78, 5) is 27.6. The van der Waals surface area contributed by atoms with Gasteiger partial charge in [-0.05, 0) is 31.2 Å². The Morgan fingerprint density at radius 1 is 1.23 bits per heavy atom. The van der Waals surface area contributed by atoms with Crippen molar-refractivity contribution in [2.45, 2.75) is 13.3 Å². The Labute approximate surface area is 128 Å². The highest BCUT2D eigenvalue weighted by atomic mass is 16.5. The molecule has 6 nitrogen and oxygen atoms in total. The minimum atomic E-state index is -0.510. The summed E-state index contributed by atoms with van der Waals surface area (Å²) >= 11 is 0. The van der Waals surface area contributed by atoms with Crippen molar-refractivity contribution in [1.82, 2.24) is 4.98 Å². The minimum Gasteiger partial charge on any atom is -0.493 e. The zero-order chi connectivity index (χ0) is 15.9. The van der Waals surface area contributed by atoms with Gasteiger partial charge in [0.25, 0.3) is 5.91 Å². The van der Waals surface area contributed by atoms with Crippen LogP contribution < -0.4 is 15.8 Å². The summed E-state index contributed by atoms with van der Waals surface area (Å²) in [6.07, 6.45) is 1.51. The van der Waals surface area contributed by atoms with Crippen molar-refractivity contribution >= 4 is 17.5 Å². The summed E-state index contributed by atoms with van der Waals surface area (Å²) in [6.45, 7) is 2.31. The predicted octanol–water partition coefficient (Wildman–Crippen LogP) is 1.76. The number of amides is 2. The van der Waals surface area contributed by atoms with E-state index in [1.165, 1.54) is 0 Å². The Balaban J connectivity index is 2.24. The maximum Gasteiger partial charge on any atom is 0.259 e. The van der Waals surface area contributed by atoms with Gasteiger partial charge in [-0.15, -0.1) is 0 Å². The SMILES string of the molecule is CCOc1ccccc1C(=O)Nc1cccnc1CC(N)=O. The molecule has 0 saturated carbocycles. The number of rotatable bonds is 6. The molecule has 0 aliphatic carbocycles. The van der Waals surface area contributed by atoms with Crippen LogP contribution in [0.2, 0.25) is 0 Å². The molecule has 22 heavy (non-hydrogen) atoms. The number of carbonyl (C=O) groups excluding carboxylic acids is 2. The second-order valence-corrected chi connectivity index (χ2v) is 4.52. The monoisotopic (exact) mass is 299 g/mol. The Hall–Kier alpha value is -2.89. The van der Waals surface area contributed by atoms with Crippen LogP contribution in [0.5, 0.6) is 5.75 Å². The lowest BCUT2D eigenvalue weighted by atomic mass is 10.1. The lowest BCUT2D eigenvalue weighted by Crippen LogP contribution is -2.19. The quantitative estimate of drug-likeness (QED) is 0.849. The molecule has 0 bridgehead atoms. The number of pyridine rings is 1. The summed E-state index contributed by atoms with van der Waals surface area (Å²) in [7, 11) is 0. The molecule has 0 aliphatic heterocycles. The van der Waals surface area contributed by atoms with E-state index in [-0.39, 0.29) is 12.3 Å². The summed E-state index contributed by atoms with van der Waals surface area (Å²) in [6, 6.07) is 10.3. The number of benzene rings is 1. The van der Waals surface area contributed by atoms with Gasteiger partial charge < -0.3 is 15.8 Å². The molecule has 114 valence electrons. The Morgan fingerprint density at radius 2 is 2.00 bits per heavy atom. The van der Waals surface area contributed by atoms with Crippen molar-refractivity contribution in [3.63, 3.8) is 0 Å². The van der Waals surface area contributed by atoms with E-state index >= 15 is 0 Å². The number of hydrogen-bond acceptors (Lipinski definition) is 4. The number of hydrogen-bond donors (Lipinski definition) is 2. The first-order valence-electron chi connectivity index (χ1n) is 6.87. The van der Waals surface area contributed by atoms with Crippen LogP contribution in [0.3, 0.4) is 0 Å². The largest absolute Gasteiger partial charge is 0.493 e. The highest BCUT2D eigenvalue weighted by molar-refractivity contribution is 6.06. The minimum absolute atomic E-state index is 0.0381. The van der Waals surface area contributed by atoms with Gasteiger partial charge in [0.05, 0.1) is 30.0 Å². The third-order valence-corrected chi connectivity index (χ3v) is 2.91. The second-order valence-electron chi connectivity index (χ2n) is 4.52. The average Bonchev–Trinajstić information content (AvgIpc) is 2.49. The number of aromatic nitrogens is 1. The van der Waals surface area contributed by atoms with Gasteiger partial charge in [0.2, 0.25) is 5.91 Å². The molecule has 0 spiro atoms. The maximum absolute atomic E-state index is 12.4. The van der Waals surface area contributed by atoms with Gasteiger partial charge in [-0.3, -0.25) is 14.6 Å². The number of nitrogens with two attached hydrogens (primary N) is 1. The van der Waals surface area contributed by atoms with Gasteiger partial charge in [-0.2, -0.15) is 0 Å². The highest BCUT2D eigenvalue weighted by Gasteiger charge is 2.14. The van der Waals surface area contributed by atoms with Crippen LogP contribution in [0.4, 0.5) is 5.69 Å². The third kappa shape index (κ3) is 3.82. The molecule has 1 aromatic carbocycles. The average molecular weight is 299 g/mol. The topological polar surface area (TPSA) is 94.3 Å². The maximum atomic E-state index is 12.4. The number of primary amides is 1. The molecule has 0 saturated heterocycles. The fourth-order valence-corrected chi connectivity index (χ4v) is 1.98. The van der Waals surface area contributed by atoms with Crippen molar-refractivity contribution in [3.8, 4) is 5.75 Å². The number of nitrogens with one attached hydrogen (secondary N) is 1. The zero-order valence-electron chi connectivity index (χ0n) is 12.2. The van der Waals surface area contributed by atoms with Crippen molar-refractivity contribution in [2.75, 3.05) is 11.9 Å². The fourth-order valence-electron chi connectivity index (χ4n) is 1.98. The summed E-state index contributed by atoms with van der Waals surface area (Å²) in [5.41, 5.74) is 6.49. The van der Waals surface area contributed by atoms with E-state index < -0.39 is 5.91 Å². The number of carbonyl (C=O) groups is 2. The van der Waals surface area contributed by atoms with Crippen LogP contribution in [-0.2, 0) is 11.2 Å². The standard InChI is InChI=1S/C16H17N3O3/c1-2-22-14-8-4-3-6-11(14)16(21)19-12-7-5-9-18-13(12)10-15(17)20/h3-9H,2,10H2,1H3,(H2,17,20)(H,19,21). The van der Waals surface area contributed by atoms with Gasteiger partial charge in [0.1, 0.15) is 5.75 Å². The van der Waals surface area contributed by atoms with Gasteiger partial charge >= 0.3 is 0 Å². The van der Waals surface area contributed by atoms with E-state index in [0.717, 1.165) is 0 Å². The zero-order valence-corrected chi connectivity index (χ0v) is 12.2. The normalized spacial score (nSPS) is 10.0. The lowest BCUT2D eigenvalue weighted by molar-refractivity contribution is -0.117. The predicted molar refractivity (Wildman–Crippen MR) is 82.7 cm³/mol. The second kappa shape index (κ2) is 7.21. The third-order valence-electron chi connectivity index (χ3n) is 2.91. The van der Waals surface area contributed by atoms with E-state index in [1.54, 1.807) is 42.6 Å². The summed E-state index contributed by atoms with van der Waals surface area (Å²) in [5, 5.41) is 2.74. The van der Waals surface area contributed by atoms with Crippen LogP contribution in [-0.4, -0.2) is 23.4 Å². The van der Waals surface area contributed by atoms with Crippen molar-refractivity contribution in [3.05, 3.63) is 53.9 Å². The molecule has 1 heterocycles. The van der Waals surface area contributed by atoms with Gasteiger partial charge in [0.15, 0.2) is 0 Å². The van der Waals surface area contributed by atoms with E-state index in [0.29, 0.717) is 29.3 Å². The Kier molecular flexibility index (Phi) is 5.08. The number of nitrogens with zero attached hydrogens (tertiary/aromatic N) is 1. The molecule has 0 radical (unpaired) electrons. The molecule has 2 aromatic rings. The van der Waals surface area contributed by atoms with Crippen LogP contribution in [0.1, 0.15) is 23.0 Å². The highest BCUT2D eigenvalue weighted by Crippen LogP contribution is 2.20. The Morgan fingerprint density at radius 3 is 2.73 bits per heavy atom. The summed E-state index contributed by atoms with van der Waals surface area (Å²) < 4.78 is 5.44. The van der Waals surface area contributed by atoms with Gasteiger partial charge in [-0.1, -0.05) is 12.1 Å². The summed E-state index contributed by atoms with van der Waals surface area (Å²) in [5.74, 6) is -0.338. The molecule has 0 fully saturated rings. The smallest absolute Gasteiger partial charge is 0.259 e. The molecule has 3 N–H and O–H groups in total. The molecule has 2 rings (SSSR count). The number of ether oxygens (including phenoxy) is 1. The first-order valence-corrected chi connectivity index (χ1v) is 6.87. The molecular weight excluding hydrogens is 282 g/mol. The van der Waals surface area contributed by atoms with Gasteiger partial charge in [-0.25, -0.2) is 0 Å². The van der Waals surface area contributed by atoms with E-state index in [4.69, 9.17) is 10.5 Å². The van der Waals surface area contributed by atoms with Crippen LogP contribution in [0.15, 0.2) is 42.6 Å². The molecule has 0 aliphatic rings. The van der Waals surface area contributed by atoms with E-state index in [9.17, 15) is 9.59 Å². The van der Waals surface area contributed by atoms with Gasteiger partial charge in [0, 0.05) is 6.20 Å². The number of para-hydroxylation sites is 1. The Bertz CT molecular complexity index is 686.